The molecule has 0 atom stereocenters. The fraction of sp³-hybridized carbons (Fsp3) is 0.172. The summed E-state index contributed by atoms with van der Waals surface area (Å²) in [5.41, 5.74) is 1.65. The van der Waals surface area contributed by atoms with Crippen molar-refractivity contribution in [2.75, 3.05) is 35.0 Å². The molecule has 0 spiro atoms. The Morgan fingerprint density at radius 1 is 0.846 bits per heavy atom. The number of carboxylic acid groups (broad SMARTS) is 1. The molecule has 1 N–H and O–H groups in total. The first kappa shape index (κ1) is 30.0. The summed E-state index contributed by atoms with van der Waals surface area (Å²) in [4.78, 5) is 25.2. The topological polar surface area (TPSA) is 101 Å². The van der Waals surface area contributed by atoms with Gasteiger partial charge in [-0.25, -0.2) is 4.79 Å². The fourth-order valence-corrected chi connectivity index (χ4v) is 5.02. The Morgan fingerprint density at radius 3 is 2.10 bits per heavy atom. The maximum Gasteiger partial charge on any atom is 0.341 e. The van der Waals surface area contributed by atoms with Gasteiger partial charge in [0.1, 0.15) is 11.5 Å². The molecule has 4 aromatic rings. The van der Waals surface area contributed by atoms with E-state index in [0.29, 0.717) is 45.4 Å². The molecular weight excluding hydrogens is 531 g/mol. The summed E-state index contributed by atoms with van der Waals surface area (Å²) in [7, 11) is 5.95. The molecule has 3 aromatic carbocycles. The average molecular weight is 558 g/mol. The minimum Gasteiger partial charge on any atom is -0.496 e. The van der Waals surface area contributed by atoms with Gasteiger partial charge >= 0.3 is 5.97 Å². The molecule has 4 rings (SSSR count). The van der Waals surface area contributed by atoms with Crippen molar-refractivity contribution in [1.29, 1.82) is 0 Å². The van der Waals surface area contributed by atoms with Gasteiger partial charge in [-0.15, -0.1) is 11.3 Å². The van der Waals surface area contributed by atoms with E-state index in [2.05, 4.69) is 0 Å². The number of carboxylic acids is 1. The molecule has 0 saturated heterocycles. The molecule has 10 heteroatoms. The van der Waals surface area contributed by atoms with Crippen molar-refractivity contribution in [2.45, 2.75) is 0 Å². The van der Waals surface area contributed by atoms with Gasteiger partial charge in [-0.1, -0.05) is 18.2 Å². The predicted octanol–water partition coefficient (Wildman–Crippen LogP) is 5.58. The van der Waals surface area contributed by atoms with E-state index < -0.39 is 12.6 Å². The molecule has 0 aliphatic rings. The number of rotatable bonds is 11. The number of methoxy groups -OCH3 is 4. The van der Waals surface area contributed by atoms with Gasteiger partial charge in [0.15, 0.2) is 23.9 Å². The zero-order valence-corrected chi connectivity index (χ0v) is 25.1. The molecule has 0 amide bonds. The van der Waals surface area contributed by atoms with E-state index in [1.54, 1.807) is 35.6 Å². The minimum absolute atomic E-state index is 0. The van der Waals surface area contributed by atoms with E-state index in [1.807, 2.05) is 36.4 Å². The summed E-state index contributed by atoms with van der Waals surface area (Å²) in [5, 5.41) is 10.2. The molecule has 1 radical (unpaired) electrons. The third-order valence-corrected chi connectivity index (χ3v) is 6.89. The molecule has 0 aliphatic carbocycles. The van der Waals surface area contributed by atoms with E-state index >= 15 is 0 Å². The number of carbonyl (C=O) groups excluding carboxylic acids is 1. The van der Waals surface area contributed by atoms with Gasteiger partial charge in [-0.05, 0) is 47.9 Å². The first-order valence-electron chi connectivity index (χ1n) is 11.5. The maximum absolute atomic E-state index is 13.1. The van der Waals surface area contributed by atoms with Crippen LogP contribution in [0.15, 0.2) is 60.7 Å². The Balaban J connectivity index is 0.00000420. The molecule has 0 saturated carbocycles. The first-order chi connectivity index (χ1) is 18.4. The summed E-state index contributed by atoms with van der Waals surface area (Å²) in [6, 6.07) is 16.6. The number of hydrogen-bond acceptors (Lipinski definition) is 8. The number of ketones is 1. The van der Waals surface area contributed by atoms with Crippen LogP contribution in [0, 0.1) is 0 Å². The molecule has 0 unspecified atom stereocenters. The molecule has 39 heavy (non-hydrogen) atoms. The van der Waals surface area contributed by atoms with Crippen LogP contribution in [0.3, 0.4) is 0 Å². The Hall–Kier alpha value is -3.50. The van der Waals surface area contributed by atoms with Gasteiger partial charge in [0.2, 0.25) is 5.75 Å². The molecule has 0 aliphatic heterocycles. The van der Waals surface area contributed by atoms with Gasteiger partial charge in [0.05, 0.1) is 28.4 Å². The molecule has 0 fully saturated rings. The number of carbonyl (C=O) groups is 2. The van der Waals surface area contributed by atoms with E-state index in [4.69, 9.17) is 28.8 Å². The molecule has 0 bridgehead atoms. The van der Waals surface area contributed by atoms with Crippen molar-refractivity contribution in [1.82, 2.24) is 0 Å². The second-order valence-corrected chi connectivity index (χ2v) is 9.12. The van der Waals surface area contributed by atoms with E-state index in [9.17, 15) is 9.59 Å². The first-order valence-corrected chi connectivity index (χ1v) is 12.3. The second kappa shape index (κ2) is 13.5. The third-order valence-electron chi connectivity index (χ3n) is 5.74. The average Bonchev–Trinajstić information content (AvgIpc) is 3.37. The van der Waals surface area contributed by atoms with Crippen LogP contribution in [0.25, 0.3) is 26.6 Å². The summed E-state index contributed by atoms with van der Waals surface area (Å²) < 4.78 is 28.3. The minimum atomic E-state index is -1.09. The van der Waals surface area contributed by atoms with Crippen molar-refractivity contribution in [3.8, 4) is 39.2 Å². The van der Waals surface area contributed by atoms with Gasteiger partial charge in [0.25, 0.3) is 0 Å². The van der Waals surface area contributed by atoms with Crippen LogP contribution in [0.4, 0.5) is 0 Å². The van der Waals surface area contributed by atoms with Crippen molar-refractivity contribution >= 4 is 68.8 Å². The standard InChI is InChI=1S/C29H26O8S.Na/c1-33-22-15-23(37-16-28(31)32)20(27-14-18-7-5-6-8-26(18)38-27)11-17(22)9-10-21(30)19-12-24(34-2)29(36-4)25(13-19)35-3;/h5-15H,16H2,1-4H3,(H,31,32);. The largest absolute Gasteiger partial charge is 0.496 e. The summed E-state index contributed by atoms with van der Waals surface area (Å²) in [6.45, 7) is -0.504. The number of ether oxygens (including phenoxy) is 5. The Labute approximate surface area is 252 Å². The molecule has 1 aromatic heterocycles. The van der Waals surface area contributed by atoms with Crippen LogP contribution in [0.5, 0.6) is 28.7 Å². The monoisotopic (exact) mass is 557 g/mol. The van der Waals surface area contributed by atoms with Gasteiger partial charge in [0, 0.05) is 61.9 Å². The van der Waals surface area contributed by atoms with Gasteiger partial charge < -0.3 is 28.8 Å². The van der Waals surface area contributed by atoms with Gasteiger partial charge in [-0.2, -0.15) is 0 Å². The van der Waals surface area contributed by atoms with Crippen molar-refractivity contribution in [3.05, 3.63) is 71.8 Å². The number of allylic oxidation sites excluding steroid dienone is 1. The van der Waals surface area contributed by atoms with Crippen LogP contribution in [-0.2, 0) is 4.79 Å². The normalized spacial score (nSPS) is 10.7. The van der Waals surface area contributed by atoms with Gasteiger partial charge in [-0.3, -0.25) is 4.79 Å². The predicted molar refractivity (Wildman–Crippen MR) is 152 cm³/mol. The third kappa shape index (κ3) is 6.75. The molecule has 197 valence electrons. The Bertz CT molecular complexity index is 1470. The van der Waals surface area contributed by atoms with Crippen LogP contribution >= 0.6 is 11.3 Å². The Morgan fingerprint density at radius 2 is 1.51 bits per heavy atom. The fourth-order valence-electron chi connectivity index (χ4n) is 3.94. The van der Waals surface area contributed by atoms with Crippen molar-refractivity contribution < 1.29 is 38.4 Å². The quantitative estimate of drug-likeness (QED) is 0.145. The van der Waals surface area contributed by atoms with Crippen LogP contribution in [0.1, 0.15) is 15.9 Å². The van der Waals surface area contributed by atoms with E-state index in [1.165, 1.54) is 34.5 Å². The zero-order chi connectivity index (χ0) is 27.2. The number of fused-ring (bicyclic) bond motifs is 1. The number of benzene rings is 3. The Kier molecular flexibility index (Phi) is 10.4. The molecule has 8 nitrogen and oxygen atoms in total. The van der Waals surface area contributed by atoms with E-state index in [0.717, 1.165) is 15.0 Å². The van der Waals surface area contributed by atoms with Crippen molar-refractivity contribution in [3.63, 3.8) is 0 Å². The van der Waals surface area contributed by atoms with Crippen LogP contribution < -0.4 is 23.7 Å². The number of thiophene rings is 1. The number of aliphatic carboxylic acids is 1. The van der Waals surface area contributed by atoms with Crippen LogP contribution in [0.2, 0.25) is 0 Å². The summed E-state index contributed by atoms with van der Waals surface area (Å²) in [5.74, 6) is 0.531. The number of hydrogen-bond donors (Lipinski definition) is 1. The smallest absolute Gasteiger partial charge is 0.341 e. The summed E-state index contributed by atoms with van der Waals surface area (Å²) in [6.07, 6.45) is 3.06. The summed E-state index contributed by atoms with van der Waals surface area (Å²) >= 11 is 1.55. The van der Waals surface area contributed by atoms with Crippen LogP contribution in [-0.4, -0.2) is 81.5 Å². The SMILES string of the molecule is COc1cc(OCC(=O)O)c(-c2cc3ccccc3s2)cc1C=CC(=O)c1cc(OC)c(OC)c(OC)c1.[Na]. The van der Waals surface area contributed by atoms with Crippen molar-refractivity contribution in [2.24, 2.45) is 0 Å². The molecular formula is C29H26NaO8S. The zero-order valence-electron chi connectivity index (χ0n) is 22.3. The molecule has 1 heterocycles. The second-order valence-electron chi connectivity index (χ2n) is 8.03. The maximum atomic E-state index is 13.1. The van der Waals surface area contributed by atoms with E-state index in [-0.39, 0.29) is 35.3 Å².